The van der Waals surface area contributed by atoms with Crippen LogP contribution in [0.4, 0.5) is 0 Å². The number of hydrogen-bond acceptors (Lipinski definition) is 2. The van der Waals surface area contributed by atoms with Crippen molar-refractivity contribution in [3.8, 4) is 5.75 Å². The maximum Gasteiger partial charge on any atom is 0.196 e. The number of benzene rings is 2. The van der Waals surface area contributed by atoms with Gasteiger partial charge in [-0.25, -0.2) is 0 Å². The van der Waals surface area contributed by atoms with E-state index < -0.39 is 0 Å². The average molecular weight is 340 g/mol. The smallest absolute Gasteiger partial charge is 0.196 e. The summed E-state index contributed by atoms with van der Waals surface area (Å²) in [7, 11) is 1.54. The molecule has 0 aliphatic heterocycles. The van der Waals surface area contributed by atoms with E-state index in [9.17, 15) is 4.79 Å². The van der Waals surface area contributed by atoms with Gasteiger partial charge in [0.25, 0.3) is 0 Å². The van der Waals surface area contributed by atoms with Crippen LogP contribution in [0.1, 0.15) is 21.5 Å². The molecule has 2 aromatic rings. The second-order valence-corrected chi connectivity index (χ2v) is 5.46. The molecule has 0 N–H and O–H groups in total. The van der Waals surface area contributed by atoms with Crippen LogP contribution in [-0.4, -0.2) is 12.9 Å². The number of carbonyl (C=O) groups excluding carboxylic acids is 1. The van der Waals surface area contributed by atoms with E-state index in [1.807, 2.05) is 19.1 Å². The molecule has 0 unspecified atom stereocenters. The Morgan fingerprint density at radius 3 is 2.58 bits per heavy atom. The van der Waals surface area contributed by atoms with E-state index >= 15 is 0 Å². The van der Waals surface area contributed by atoms with Gasteiger partial charge in [0, 0.05) is 15.1 Å². The predicted octanol–water partition coefficient (Wildman–Crippen LogP) is 4.65. The number of ether oxygens (including phenoxy) is 1. The fourth-order valence-corrected chi connectivity index (χ4v) is 2.29. The van der Waals surface area contributed by atoms with Crippen LogP contribution in [0.5, 0.6) is 5.75 Å². The highest BCUT2D eigenvalue weighted by atomic mass is 79.9. The fraction of sp³-hybridized carbons (Fsp3) is 0.133. The normalized spacial score (nSPS) is 10.3. The molecule has 0 fully saturated rings. The Morgan fingerprint density at radius 2 is 1.95 bits per heavy atom. The first-order valence-corrected chi connectivity index (χ1v) is 6.84. The first-order valence-electron chi connectivity index (χ1n) is 5.67. The van der Waals surface area contributed by atoms with Crippen LogP contribution in [0.3, 0.4) is 0 Å². The molecule has 98 valence electrons. The third-order valence-electron chi connectivity index (χ3n) is 2.84. The summed E-state index contributed by atoms with van der Waals surface area (Å²) in [5.74, 6) is 0.435. The summed E-state index contributed by atoms with van der Waals surface area (Å²) in [6, 6.07) is 10.6. The second kappa shape index (κ2) is 5.76. The molecule has 0 aliphatic carbocycles. The minimum Gasteiger partial charge on any atom is -0.496 e. The summed E-state index contributed by atoms with van der Waals surface area (Å²) < 4.78 is 6.05. The lowest BCUT2D eigenvalue weighted by Crippen LogP contribution is -2.04. The number of hydrogen-bond donors (Lipinski definition) is 0. The first kappa shape index (κ1) is 14.1. The van der Waals surface area contributed by atoms with Crippen LogP contribution in [0.25, 0.3) is 0 Å². The van der Waals surface area contributed by atoms with Crippen molar-refractivity contribution in [2.75, 3.05) is 7.11 Å². The van der Waals surface area contributed by atoms with Crippen molar-refractivity contribution in [2.45, 2.75) is 6.92 Å². The molecule has 0 saturated heterocycles. The molecule has 0 amide bonds. The minimum absolute atomic E-state index is 0.111. The lowest BCUT2D eigenvalue weighted by atomic mass is 10.0. The van der Waals surface area contributed by atoms with Gasteiger partial charge in [-0.2, -0.15) is 0 Å². The van der Waals surface area contributed by atoms with Crippen molar-refractivity contribution >= 4 is 33.3 Å². The monoisotopic (exact) mass is 338 g/mol. The fourth-order valence-electron chi connectivity index (χ4n) is 1.75. The average Bonchev–Trinajstić information content (AvgIpc) is 2.41. The van der Waals surface area contributed by atoms with Gasteiger partial charge in [-0.1, -0.05) is 39.7 Å². The Labute approximate surface area is 125 Å². The van der Waals surface area contributed by atoms with E-state index in [2.05, 4.69) is 15.9 Å². The van der Waals surface area contributed by atoms with Gasteiger partial charge in [0.2, 0.25) is 0 Å². The van der Waals surface area contributed by atoms with E-state index in [1.54, 1.807) is 31.4 Å². The Hall–Kier alpha value is -1.32. The zero-order valence-corrected chi connectivity index (χ0v) is 12.9. The summed E-state index contributed by atoms with van der Waals surface area (Å²) in [5.41, 5.74) is 2.00. The van der Waals surface area contributed by atoms with E-state index in [0.29, 0.717) is 21.9 Å². The van der Waals surface area contributed by atoms with Gasteiger partial charge < -0.3 is 4.74 Å². The summed E-state index contributed by atoms with van der Waals surface area (Å²) >= 11 is 9.42. The van der Waals surface area contributed by atoms with Crippen LogP contribution in [0.2, 0.25) is 5.02 Å². The number of halogens is 2. The molecule has 0 bridgehead atoms. The van der Waals surface area contributed by atoms with Crippen molar-refractivity contribution in [2.24, 2.45) is 0 Å². The summed E-state index contributed by atoms with van der Waals surface area (Å²) in [6.07, 6.45) is 0. The van der Waals surface area contributed by atoms with Crippen molar-refractivity contribution in [1.29, 1.82) is 0 Å². The lowest BCUT2D eigenvalue weighted by molar-refractivity contribution is 0.103. The van der Waals surface area contributed by atoms with Crippen LogP contribution in [0, 0.1) is 6.92 Å². The molecule has 0 aromatic heterocycles. The molecule has 0 atom stereocenters. The van der Waals surface area contributed by atoms with Gasteiger partial charge >= 0.3 is 0 Å². The number of methoxy groups -OCH3 is 1. The van der Waals surface area contributed by atoms with Crippen molar-refractivity contribution in [3.63, 3.8) is 0 Å². The Kier molecular flexibility index (Phi) is 4.27. The Bertz CT molecular complexity index is 638. The number of carbonyl (C=O) groups is 1. The van der Waals surface area contributed by atoms with Gasteiger partial charge in [0.1, 0.15) is 5.75 Å². The van der Waals surface area contributed by atoms with Crippen molar-refractivity contribution in [1.82, 2.24) is 0 Å². The highest BCUT2D eigenvalue weighted by Crippen LogP contribution is 2.27. The Balaban J connectivity index is 2.49. The third kappa shape index (κ3) is 2.99. The number of ketones is 1. The summed E-state index contributed by atoms with van der Waals surface area (Å²) in [5, 5.41) is 0.583. The highest BCUT2D eigenvalue weighted by molar-refractivity contribution is 9.10. The van der Waals surface area contributed by atoms with Crippen molar-refractivity contribution in [3.05, 3.63) is 62.6 Å². The van der Waals surface area contributed by atoms with Gasteiger partial charge in [-0.15, -0.1) is 0 Å². The molecule has 0 radical (unpaired) electrons. The van der Waals surface area contributed by atoms with E-state index in [-0.39, 0.29) is 5.78 Å². The maximum absolute atomic E-state index is 12.5. The van der Waals surface area contributed by atoms with E-state index in [4.69, 9.17) is 16.3 Å². The van der Waals surface area contributed by atoms with Gasteiger partial charge in [-0.3, -0.25) is 4.79 Å². The van der Waals surface area contributed by atoms with Gasteiger partial charge in [-0.05, 0) is 36.8 Å². The van der Waals surface area contributed by atoms with Gasteiger partial charge in [0.05, 0.1) is 12.7 Å². The quantitative estimate of drug-likeness (QED) is 0.761. The second-order valence-electron chi connectivity index (χ2n) is 4.14. The van der Waals surface area contributed by atoms with E-state index in [1.165, 1.54) is 0 Å². The molecular formula is C15H12BrClO2. The molecule has 2 rings (SSSR count). The first-order chi connectivity index (χ1) is 9.02. The molecule has 0 aliphatic rings. The molecule has 0 heterocycles. The van der Waals surface area contributed by atoms with Gasteiger partial charge in [0.15, 0.2) is 5.78 Å². The van der Waals surface area contributed by atoms with Crippen LogP contribution >= 0.6 is 27.5 Å². The Morgan fingerprint density at radius 1 is 1.21 bits per heavy atom. The van der Waals surface area contributed by atoms with Crippen LogP contribution in [-0.2, 0) is 0 Å². The van der Waals surface area contributed by atoms with Crippen LogP contribution < -0.4 is 4.74 Å². The SMILES string of the molecule is COc1ccc(Br)cc1C(=O)c1ccc(C)c(Cl)c1. The minimum atomic E-state index is -0.111. The van der Waals surface area contributed by atoms with E-state index in [0.717, 1.165) is 10.0 Å². The number of rotatable bonds is 3. The largest absolute Gasteiger partial charge is 0.496 e. The third-order valence-corrected chi connectivity index (χ3v) is 3.74. The zero-order chi connectivity index (χ0) is 14.0. The number of aryl methyl sites for hydroxylation is 1. The van der Waals surface area contributed by atoms with Crippen molar-refractivity contribution < 1.29 is 9.53 Å². The molecule has 2 aromatic carbocycles. The highest BCUT2D eigenvalue weighted by Gasteiger charge is 2.15. The topological polar surface area (TPSA) is 26.3 Å². The summed E-state index contributed by atoms with van der Waals surface area (Å²) in [4.78, 5) is 12.5. The lowest BCUT2D eigenvalue weighted by Gasteiger charge is -2.09. The molecule has 0 saturated carbocycles. The summed E-state index contributed by atoms with van der Waals surface area (Å²) in [6.45, 7) is 1.90. The molecular weight excluding hydrogens is 328 g/mol. The molecule has 4 heteroatoms. The molecule has 0 spiro atoms. The molecule has 19 heavy (non-hydrogen) atoms. The standard InChI is InChI=1S/C15H12BrClO2/c1-9-3-4-10(7-13(9)17)15(18)12-8-11(16)5-6-14(12)19-2/h3-8H,1-2H3. The predicted molar refractivity (Wildman–Crippen MR) is 80.3 cm³/mol. The zero-order valence-electron chi connectivity index (χ0n) is 10.5. The molecule has 2 nitrogen and oxygen atoms in total. The van der Waals surface area contributed by atoms with Crippen LogP contribution in [0.15, 0.2) is 40.9 Å². The maximum atomic E-state index is 12.5.